The van der Waals surface area contributed by atoms with Crippen molar-refractivity contribution in [2.45, 2.75) is 20.8 Å². The normalized spacial score (nSPS) is 11.0. The summed E-state index contributed by atoms with van der Waals surface area (Å²) in [6.45, 7) is 7.44. The van der Waals surface area contributed by atoms with Crippen molar-refractivity contribution in [3.05, 3.63) is 65.9 Å². The number of nitrogens with zero attached hydrogens (tertiary/aromatic N) is 1. The van der Waals surface area contributed by atoms with Gasteiger partial charge in [0.15, 0.2) is 0 Å². The molecule has 0 fully saturated rings. The minimum Gasteiger partial charge on any atom is -0.372 e. The first-order valence-corrected chi connectivity index (χ1v) is 8.74. The quantitative estimate of drug-likeness (QED) is 0.749. The Morgan fingerprint density at radius 3 is 2.12 bits per heavy atom. The van der Waals surface area contributed by atoms with Crippen molar-refractivity contribution in [3.63, 3.8) is 0 Å². The molecule has 0 atom stereocenters. The first-order chi connectivity index (χ1) is 12.5. The number of hydrogen-bond donors (Lipinski definition) is 2. The number of anilines is 2. The van der Waals surface area contributed by atoms with Crippen LogP contribution in [0.15, 0.2) is 60.3 Å². The van der Waals surface area contributed by atoms with Gasteiger partial charge in [-0.3, -0.25) is 9.59 Å². The molecule has 0 unspecified atom stereocenters. The van der Waals surface area contributed by atoms with Gasteiger partial charge in [-0.1, -0.05) is 30.3 Å². The number of amides is 2. The van der Waals surface area contributed by atoms with Crippen LogP contribution in [0.4, 0.5) is 11.4 Å². The molecule has 2 aromatic rings. The zero-order chi connectivity index (χ0) is 18.9. The molecule has 2 N–H and O–H groups in total. The second-order valence-electron chi connectivity index (χ2n) is 5.82. The summed E-state index contributed by atoms with van der Waals surface area (Å²) in [6, 6.07) is 17.1. The smallest absolute Gasteiger partial charge is 0.272 e. The van der Waals surface area contributed by atoms with E-state index in [0.29, 0.717) is 5.69 Å². The summed E-state index contributed by atoms with van der Waals surface area (Å²) in [4.78, 5) is 26.3. The average Bonchev–Trinajstić information content (AvgIpc) is 2.64. The lowest BCUT2D eigenvalue weighted by molar-refractivity contribution is -0.120. The van der Waals surface area contributed by atoms with Gasteiger partial charge in [-0.2, -0.15) is 0 Å². The third-order valence-corrected chi connectivity index (χ3v) is 3.92. The number of carbonyl (C=O) groups excluding carboxylic acids is 2. The number of carbonyl (C=O) groups is 2. The van der Waals surface area contributed by atoms with E-state index in [0.717, 1.165) is 24.3 Å². The molecule has 0 saturated carbocycles. The molecule has 0 aliphatic rings. The molecule has 5 nitrogen and oxygen atoms in total. The number of rotatable bonds is 7. The van der Waals surface area contributed by atoms with Gasteiger partial charge in [0, 0.05) is 31.4 Å². The van der Waals surface area contributed by atoms with E-state index in [1.54, 1.807) is 6.08 Å². The lowest BCUT2D eigenvalue weighted by Crippen LogP contribution is -2.29. The van der Waals surface area contributed by atoms with Gasteiger partial charge in [-0.15, -0.1) is 0 Å². The Morgan fingerprint density at radius 1 is 0.962 bits per heavy atom. The van der Waals surface area contributed by atoms with E-state index in [4.69, 9.17) is 0 Å². The molecule has 2 amide bonds. The van der Waals surface area contributed by atoms with E-state index in [2.05, 4.69) is 29.4 Å². The van der Waals surface area contributed by atoms with Crippen LogP contribution in [0, 0.1) is 0 Å². The summed E-state index contributed by atoms with van der Waals surface area (Å²) >= 11 is 0. The van der Waals surface area contributed by atoms with Crippen LogP contribution in [-0.4, -0.2) is 24.9 Å². The maximum absolute atomic E-state index is 12.6. The Hall–Kier alpha value is -3.08. The van der Waals surface area contributed by atoms with Gasteiger partial charge in [0.1, 0.15) is 5.70 Å². The summed E-state index contributed by atoms with van der Waals surface area (Å²) in [5.74, 6) is -0.654. The third-order valence-electron chi connectivity index (χ3n) is 3.92. The molecule has 0 radical (unpaired) electrons. The van der Waals surface area contributed by atoms with Crippen LogP contribution in [0.3, 0.4) is 0 Å². The molecule has 136 valence electrons. The fourth-order valence-corrected chi connectivity index (χ4v) is 2.61. The van der Waals surface area contributed by atoms with Crippen molar-refractivity contribution >= 4 is 29.3 Å². The molecule has 2 aromatic carbocycles. The summed E-state index contributed by atoms with van der Waals surface area (Å²) in [7, 11) is 0. The van der Waals surface area contributed by atoms with Crippen LogP contribution in [-0.2, 0) is 9.59 Å². The molecule has 0 spiro atoms. The number of hydrogen-bond acceptors (Lipinski definition) is 3. The standard InChI is InChI=1S/C21H25N3O2/c1-4-24(5-2)19-13-11-18(12-14-19)23-21(26)20(22-16(3)25)15-17-9-7-6-8-10-17/h6-15H,4-5H2,1-3H3,(H,22,25)(H,23,26). The molecule has 2 rings (SSSR count). The Kier molecular flexibility index (Phi) is 6.97. The summed E-state index contributed by atoms with van der Waals surface area (Å²) < 4.78 is 0. The van der Waals surface area contributed by atoms with Gasteiger partial charge < -0.3 is 15.5 Å². The molecule has 0 aliphatic heterocycles. The molecule has 0 aliphatic carbocycles. The van der Waals surface area contributed by atoms with Crippen molar-refractivity contribution in [1.29, 1.82) is 0 Å². The number of nitrogens with one attached hydrogen (secondary N) is 2. The second kappa shape index (κ2) is 9.42. The van der Waals surface area contributed by atoms with Crippen LogP contribution < -0.4 is 15.5 Å². The first kappa shape index (κ1) is 19.2. The molecule has 0 aromatic heterocycles. The summed E-state index contributed by atoms with van der Waals surface area (Å²) in [5, 5.41) is 5.43. The fraction of sp³-hybridized carbons (Fsp3) is 0.238. The van der Waals surface area contributed by atoms with E-state index in [9.17, 15) is 9.59 Å². The van der Waals surface area contributed by atoms with Crippen molar-refractivity contribution in [1.82, 2.24) is 5.32 Å². The van der Waals surface area contributed by atoms with Gasteiger partial charge >= 0.3 is 0 Å². The summed E-state index contributed by atoms with van der Waals surface area (Å²) in [6.07, 6.45) is 1.65. The van der Waals surface area contributed by atoms with Gasteiger partial charge in [0.2, 0.25) is 5.91 Å². The van der Waals surface area contributed by atoms with Crippen LogP contribution in [0.25, 0.3) is 6.08 Å². The van der Waals surface area contributed by atoms with Crippen LogP contribution in [0.1, 0.15) is 26.3 Å². The van der Waals surface area contributed by atoms with E-state index < -0.39 is 0 Å². The van der Waals surface area contributed by atoms with Gasteiger partial charge in [-0.05, 0) is 49.8 Å². The van der Waals surface area contributed by atoms with E-state index in [1.807, 2.05) is 54.6 Å². The highest BCUT2D eigenvalue weighted by Gasteiger charge is 2.12. The monoisotopic (exact) mass is 351 g/mol. The minimum absolute atomic E-state index is 0.205. The Labute approximate surface area is 154 Å². The zero-order valence-electron chi connectivity index (χ0n) is 15.5. The SMILES string of the molecule is CCN(CC)c1ccc(NC(=O)C(=Cc2ccccc2)NC(C)=O)cc1. The highest BCUT2D eigenvalue weighted by atomic mass is 16.2. The Bertz CT molecular complexity index is 764. The largest absolute Gasteiger partial charge is 0.372 e. The molecule has 26 heavy (non-hydrogen) atoms. The van der Waals surface area contributed by atoms with E-state index >= 15 is 0 Å². The average molecular weight is 351 g/mol. The lowest BCUT2D eigenvalue weighted by atomic mass is 10.2. The first-order valence-electron chi connectivity index (χ1n) is 8.74. The molecule has 5 heteroatoms. The highest BCUT2D eigenvalue weighted by Crippen LogP contribution is 2.18. The van der Waals surface area contributed by atoms with Crippen molar-refractivity contribution in [3.8, 4) is 0 Å². The Balaban J connectivity index is 2.16. The highest BCUT2D eigenvalue weighted by molar-refractivity contribution is 6.08. The van der Waals surface area contributed by atoms with Crippen molar-refractivity contribution in [2.24, 2.45) is 0 Å². The molecule has 0 bridgehead atoms. The van der Waals surface area contributed by atoms with Gasteiger partial charge in [0.05, 0.1) is 0 Å². The van der Waals surface area contributed by atoms with Crippen molar-refractivity contribution < 1.29 is 9.59 Å². The molecule has 0 heterocycles. The molecular weight excluding hydrogens is 326 g/mol. The van der Waals surface area contributed by atoms with Crippen LogP contribution in [0.2, 0.25) is 0 Å². The van der Waals surface area contributed by atoms with Gasteiger partial charge in [-0.25, -0.2) is 0 Å². The molecule has 0 saturated heterocycles. The zero-order valence-corrected chi connectivity index (χ0v) is 15.5. The minimum atomic E-state index is -0.361. The third kappa shape index (κ3) is 5.48. The second-order valence-corrected chi connectivity index (χ2v) is 5.82. The van der Waals surface area contributed by atoms with Crippen LogP contribution >= 0.6 is 0 Å². The van der Waals surface area contributed by atoms with E-state index in [1.165, 1.54) is 6.92 Å². The van der Waals surface area contributed by atoms with Gasteiger partial charge in [0.25, 0.3) is 5.91 Å². The Morgan fingerprint density at radius 2 is 1.58 bits per heavy atom. The van der Waals surface area contributed by atoms with Crippen LogP contribution in [0.5, 0.6) is 0 Å². The predicted molar refractivity (Wildman–Crippen MR) is 107 cm³/mol. The lowest BCUT2D eigenvalue weighted by Gasteiger charge is -2.21. The topological polar surface area (TPSA) is 61.4 Å². The van der Waals surface area contributed by atoms with Crippen molar-refractivity contribution in [2.75, 3.05) is 23.3 Å². The maximum atomic E-state index is 12.6. The number of benzene rings is 2. The predicted octanol–water partition coefficient (Wildman–Crippen LogP) is 3.65. The molecular formula is C21H25N3O2. The maximum Gasteiger partial charge on any atom is 0.272 e. The summed E-state index contributed by atoms with van der Waals surface area (Å²) in [5.41, 5.74) is 2.82. The fourth-order valence-electron chi connectivity index (χ4n) is 2.61. The van der Waals surface area contributed by atoms with E-state index in [-0.39, 0.29) is 17.5 Å².